The fraction of sp³-hybridized carbons (Fsp3) is 0.500. The van der Waals surface area contributed by atoms with Crippen LogP contribution in [0.15, 0.2) is 18.3 Å². The van der Waals surface area contributed by atoms with Crippen molar-refractivity contribution in [2.45, 2.75) is 69.4 Å². The van der Waals surface area contributed by atoms with E-state index in [-0.39, 0.29) is 46.7 Å². The van der Waals surface area contributed by atoms with Gasteiger partial charge in [-0.1, -0.05) is 23.2 Å². The second-order valence-corrected chi connectivity index (χ2v) is 10.7. The molecule has 2 saturated carbocycles. The summed E-state index contributed by atoms with van der Waals surface area (Å²) in [5.41, 5.74) is 6.68. The Bertz CT molecular complexity index is 1300. The van der Waals surface area contributed by atoms with Crippen LogP contribution in [0.1, 0.15) is 57.4 Å². The van der Waals surface area contributed by atoms with Crippen molar-refractivity contribution in [1.82, 2.24) is 19.5 Å². The Balaban J connectivity index is 1.49. The van der Waals surface area contributed by atoms with Crippen molar-refractivity contribution in [3.05, 3.63) is 34.2 Å². The highest BCUT2D eigenvalue weighted by Crippen LogP contribution is 2.40. The molecule has 1 amide bonds. The summed E-state index contributed by atoms with van der Waals surface area (Å²) in [6, 6.07) is 1.84. The molecule has 2 aliphatic carbocycles. The number of nitrogens with two attached hydrogens (primary N) is 1. The Morgan fingerprint density at radius 2 is 1.84 bits per heavy atom. The number of primary amides is 1. The van der Waals surface area contributed by atoms with Gasteiger partial charge in [-0.05, 0) is 50.2 Å². The molecule has 2 heterocycles. The molecule has 0 bridgehead atoms. The van der Waals surface area contributed by atoms with Crippen molar-refractivity contribution in [3.8, 4) is 0 Å². The number of amides is 1. The zero-order valence-electron chi connectivity index (χ0n) is 19.8. The number of fused-ring (bicyclic) bond motifs is 1. The molecular formula is C24H26Cl2F3N7O. The first-order valence-corrected chi connectivity index (χ1v) is 12.9. The Morgan fingerprint density at radius 1 is 1.14 bits per heavy atom. The van der Waals surface area contributed by atoms with E-state index in [4.69, 9.17) is 28.9 Å². The van der Waals surface area contributed by atoms with Crippen molar-refractivity contribution in [1.29, 1.82) is 0 Å². The van der Waals surface area contributed by atoms with Crippen molar-refractivity contribution in [2.75, 3.05) is 10.6 Å². The number of nitrogens with one attached hydrogen (secondary N) is 2. The number of rotatable bonds is 7. The molecule has 4 N–H and O–H groups in total. The molecule has 5 rings (SSSR count). The molecule has 0 unspecified atom stereocenters. The van der Waals surface area contributed by atoms with Crippen LogP contribution in [0, 0.1) is 11.7 Å². The predicted octanol–water partition coefficient (Wildman–Crippen LogP) is 6.22. The minimum Gasteiger partial charge on any atom is -0.370 e. The Labute approximate surface area is 221 Å². The van der Waals surface area contributed by atoms with Crippen molar-refractivity contribution in [2.24, 2.45) is 11.7 Å². The highest BCUT2D eigenvalue weighted by Gasteiger charge is 2.39. The van der Waals surface area contributed by atoms with Crippen LogP contribution in [0.3, 0.4) is 0 Å². The van der Waals surface area contributed by atoms with Gasteiger partial charge in [-0.2, -0.15) is 4.98 Å². The van der Waals surface area contributed by atoms with Gasteiger partial charge in [-0.15, -0.1) is 0 Å². The third-order valence-electron chi connectivity index (χ3n) is 7.08. The standard InChI is InChI=1S/C24H26Cl2F3N7O/c25-16-8-13(27)9-17(26)20(16)34-23-33-18-11-31-22(32-14-5-6-24(28,29)10-14)35-21(18)36(23)15-3-1-12(2-4-15)7-19(30)37/h8-9,11-12,14-15H,1-7,10H2,(H2,30,37)(H,33,34)(H,31,32,35)/t12-,14-,15+/m0/s1. The summed E-state index contributed by atoms with van der Waals surface area (Å²) in [5, 5.41) is 6.34. The van der Waals surface area contributed by atoms with Gasteiger partial charge in [0.25, 0.3) is 0 Å². The number of hydrogen-bond acceptors (Lipinski definition) is 6. The average Bonchev–Trinajstić information content (AvgIpc) is 3.34. The molecule has 2 aromatic heterocycles. The first-order chi connectivity index (χ1) is 17.6. The fourth-order valence-corrected chi connectivity index (χ4v) is 5.87. The van der Waals surface area contributed by atoms with Gasteiger partial charge in [0.05, 0.1) is 21.9 Å². The third kappa shape index (κ3) is 5.72. The smallest absolute Gasteiger partial charge is 0.250 e. The molecule has 0 spiro atoms. The van der Waals surface area contributed by atoms with E-state index in [0.29, 0.717) is 35.6 Å². The Morgan fingerprint density at radius 3 is 2.46 bits per heavy atom. The van der Waals surface area contributed by atoms with Crippen molar-refractivity contribution in [3.63, 3.8) is 0 Å². The van der Waals surface area contributed by atoms with E-state index in [0.717, 1.165) is 37.8 Å². The van der Waals surface area contributed by atoms with E-state index >= 15 is 0 Å². The molecule has 8 nitrogen and oxygen atoms in total. The number of benzene rings is 1. The lowest BCUT2D eigenvalue weighted by Gasteiger charge is -2.30. The molecule has 0 aliphatic heterocycles. The Hall–Kier alpha value is -2.79. The molecule has 1 aromatic carbocycles. The molecule has 2 aliphatic rings. The molecule has 1 atom stereocenters. The van der Waals surface area contributed by atoms with Gasteiger partial charge in [-0.25, -0.2) is 23.1 Å². The zero-order valence-corrected chi connectivity index (χ0v) is 21.3. The number of carbonyl (C=O) groups excluding carboxylic acids is 1. The van der Waals surface area contributed by atoms with Gasteiger partial charge in [0.15, 0.2) is 5.65 Å². The van der Waals surface area contributed by atoms with E-state index in [1.165, 1.54) is 6.20 Å². The molecule has 37 heavy (non-hydrogen) atoms. The first kappa shape index (κ1) is 25.8. The van der Waals surface area contributed by atoms with Crippen LogP contribution in [0.2, 0.25) is 10.0 Å². The van der Waals surface area contributed by atoms with Crippen LogP contribution < -0.4 is 16.4 Å². The highest BCUT2D eigenvalue weighted by atomic mass is 35.5. The summed E-state index contributed by atoms with van der Waals surface area (Å²) in [6.07, 6.45) is 4.81. The normalized spacial score (nSPS) is 23.3. The molecule has 3 aromatic rings. The van der Waals surface area contributed by atoms with E-state index in [1.54, 1.807) is 0 Å². The summed E-state index contributed by atoms with van der Waals surface area (Å²) in [5.74, 6) is -2.75. The van der Waals surface area contributed by atoms with Crippen LogP contribution in [-0.2, 0) is 4.79 Å². The van der Waals surface area contributed by atoms with E-state index in [1.807, 2.05) is 4.57 Å². The molecule has 0 radical (unpaired) electrons. The third-order valence-corrected chi connectivity index (χ3v) is 7.68. The summed E-state index contributed by atoms with van der Waals surface area (Å²) >= 11 is 12.5. The number of halogens is 5. The number of alkyl halides is 2. The van der Waals surface area contributed by atoms with Crippen LogP contribution in [0.5, 0.6) is 0 Å². The molecule has 13 heteroatoms. The molecular weight excluding hydrogens is 530 g/mol. The molecule has 2 fully saturated rings. The van der Waals surface area contributed by atoms with E-state index < -0.39 is 17.8 Å². The van der Waals surface area contributed by atoms with Gasteiger partial charge in [0.2, 0.25) is 23.7 Å². The van der Waals surface area contributed by atoms with Crippen LogP contribution >= 0.6 is 23.2 Å². The number of hydrogen-bond donors (Lipinski definition) is 3. The fourth-order valence-electron chi connectivity index (χ4n) is 5.32. The van der Waals surface area contributed by atoms with Crippen LogP contribution in [-0.4, -0.2) is 37.4 Å². The van der Waals surface area contributed by atoms with Gasteiger partial charge in [0.1, 0.15) is 11.3 Å². The number of imidazole rings is 1. The predicted molar refractivity (Wildman–Crippen MR) is 136 cm³/mol. The topological polar surface area (TPSA) is 111 Å². The number of carbonyl (C=O) groups is 1. The minimum atomic E-state index is -2.70. The second kappa shape index (κ2) is 10.2. The summed E-state index contributed by atoms with van der Waals surface area (Å²) in [7, 11) is 0. The maximum atomic E-state index is 13.7. The maximum absolute atomic E-state index is 13.7. The van der Waals surface area contributed by atoms with Gasteiger partial charge < -0.3 is 16.4 Å². The molecule has 0 saturated heterocycles. The summed E-state index contributed by atoms with van der Waals surface area (Å²) in [4.78, 5) is 25.0. The second-order valence-electron chi connectivity index (χ2n) is 9.86. The molecule has 198 valence electrons. The minimum absolute atomic E-state index is 0.0341. The van der Waals surface area contributed by atoms with Crippen LogP contribution in [0.4, 0.5) is 30.8 Å². The maximum Gasteiger partial charge on any atom is 0.250 e. The van der Waals surface area contributed by atoms with Gasteiger partial charge in [-0.3, -0.25) is 9.36 Å². The lowest BCUT2D eigenvalue weighted by Crippen LogP contribution is -2.24. The monoisotopic (exact) mass is 555 g/mol. The van der Waals surface area contributed by atoms with Gasteiger partial charge >= 0.3 is 0 Å². The number of nitrogens with zero attached hydrogens (tertiary/aromatic N) is 4. The average molecular weight is 556 g/mol. The largest absolute Gasteiger partial charge is 0.370 e. The van der Waals surface area contributed by atoms with E-state index in [9.17, 15) is 18.0 Å². The number of anilines is 3. The lowest BCUT2D eigenvalue weighted by molar-refractivity contribution is -0.119. The lowest BCUT2D eigenvalue weighted by atomic mass is 9.84. The summed E-state index contributed by atoms with van der Waals surface area (Å²) < 4.78 is 43.0. The highest BCUT2D eigenvalue weighted by molar-refractivity contribution is 6.39. The first-order valence-electron chi connectivity index (χ1n) is 12.2. The quantitative estimate of drug-likeness (QED) is 0.319. The summed E-state index contributed by atoms with van der Waals surface area (Å²) in [6.45, 7) is 0. The van der Waals surface area contributed by atoms with Crippen molar-refractivity contribution >= 4 is 57.9 Å². The Kier molecular flexibility index (Phi) is 7.10. The van der Waals surface area contributed by atoms with Gasteiger partial charge in [0, 0.05) is 31.3 Å². The van der Waals surface area contributed by atoms with Crippen LogP contribution in [0.25, 0.3) is 11.2 Å². The SMILES string of the molecule is NC(=O)C[C@H]1CC[C@@H](n2c(Nc3c(Cl)cc(F)cc3Cl)nc3cnc(N[C@H]4CCC(F)(F)C4)nc32)CC1. The van der Waals surface area contributed by atoms with Crippen molar-refractivity contribution < 1.29 is 18.0 Å². The number of aromatic nitrogens is 4. The zero-order chi connectivity index (χ0) is 26.3. The van der Waals surface area contributed by atoms with E-state index in [2.05, 4.69) is 25.6 Å².